The monoisotopic (exact) mass is 407 g/mol. The van der Waals surface area contributed by atoms with E-state index in [1.165, 1.54) is 0 Å². The van der Waals surface area contributed by atoms with Crippen LogP contribution in [0.5, 0.6) is 11.5 Å². The molecule has 0 saturated carbocycles. The summed E-state index contributed by atoms with van der Waals surface area (Å²) < 4.78 is 15.5. The third-order valence-electron chi connectivity index (χ3n) is 3.88. The van der Waals surface area contributed by atoms with E-state index in [-0.39, 0.29) is 12.6 Å². The highest BCUT2D eigenvalue weighted by atomic mass is 16.6. The van der Waals surface area contributed by atoms with Crippen molar-refractivity contribution in [3.8, 4) is 22.8 Å². The van der Waals surface area contributed by atoms with E-state index < -0.39 is 5.97 Å². The fourth-order valence-electron chi connectivity index (χ4n) is 2.47. The molecule has 0 atom stereocenters. The first-order chi connectivity index (χ1) is 14.7. The van der Waals surface area contributed by atoms with Crippen LogP contribution in [0.4, 0.5) is 5.95 Å². The Hall–Kier alpha value is -4.01. The van der Waals surface area contributed by atoms with Gasteiger partial charge in [-0.2, -0.15) is 10.2 Å². The predicted molar refractivity (Wildman–Crippen MR) is 112 cm³/mol. The number of methoxy groups -OCH3 is 1. The number of rotatable bonds is 9. The Morgan fingerprint density at radius 2 is 1.97 bits per heavy atom. The Labute approximate surface area is 173 Å². The van der Waals surface area contributed by atoms with Gasteiger partial charge in [-0.25, -0.2) is 15.2 Å². The van der Waals surface area contributed by atoms with Gasteiger partial charge in [0.1, 0.15) is 11.5 Å². The zero-order chi connectivity index (χ0) is 21.2. The topological polar surface area (TPSA) is 108 Å². The van der Waals surface area contributed by atoms with Crippen molar-refractivity contribution in [3.05, 3.63) is 60.3 Å². The molecular weight excluding hydrogens is 386 g/mol. The van der Waals surface area contributed by atoms with Crippen LogP contribution in [0.3, 0.4) is 0 Å². The van der Waals surface area contributed by atoms with Crippen molar-refractivity contribution in [1.29, 1.82) is 0 Å². The first-order valence-corrected chi connectivity index (χ1v) is 9.20. The summed E-state index contributed by atoms with van der Waals surface area (Å²) in [5.74, 6) is 1.07. The first kappa shape index (κ1) is 20.7. The maximum atomic E-state index is 11.5. The number of hydrazone groups is 1. The molecule has 0 aliphatic heterocycles. The highest BCUT2D eigenvalue weighted by Crippen LogP contribution is 2.20. The molecule has 30 heavy (non-hydrogen) atoms. The number of carbonyl (C=O) groups excluding carboxylic acids is 1. The number of hydrogen-bond acceptors (Lipinski definition) is 9. The molecule has 154 valence electrons. The normalized spacial score (nSPS) is 10.6. The summed E-state index contributed by atoms with van der Waals surface area (Å²) in [6.45, 7) is 1.87. The van der Waals surface area contributed by atoms with Crippen LogP contribution in [0.2, 0.25) is 0 Å². The Kier molecular flexibility index (Phi) is 7.26. The summed E-state index contributed by atoms with van der Waals surface area (Å²) in [4.78, 5) is 15.9. The molecule has 9 nitrogen and oxygen atoms in total. The summed E-state index contributed by atoms with van der Waals surface area (Å²) in [6.07, 6.45) is 3.11. The van der Waals surface area contributed by atoms with Crippen LogP contribution in [0.15, 0.2) is 59.8 Å². The van der Waals surface area contributed by atoms with Gasteiger partial charge in [0.05, 0.1) is 31.8 Å². The van der Waals surface area contributed by atoms with Crippen molar-refractivity contribution in [2.75, 3.05) is 25.7 Å². The Bertz CT molecular complexity index is 1010. The van der Waals surface area contributed by atoms with Gasteiger partial charge in [0.2, 0.25) is 0 Å². The average Bonchev–Trinajstić information content (AvgIpc) is 2.79. The molecule has 9 heteroatoms. The molecule has 0 aliphatic carbocycles. The molecule has 3 rings (SSSR count). The SMILES string of the molecule is CCOC(=O)COc1ccccc1/C=N/Nc1nncc(-c2ccc(OC)cc2)n1. The summed E-state index contributed by atoms with van der Waals surface area (Å²) in [5, 5.41) is 12.0. The van der Waals surface area contributed by atoms with Crippen molar-refractivity contribution in [2.45, 2.75) is 6.92 Å². The number of ether oxygens (including phenoxy) is 3. The quantitative estimate of drug-likeness (QED) is 0.328. The standard InChI is InChI=1S/C21H21N5O4/c1-3-29-20(27)14-30-19-7-5-4-6-16(19)12-22-25-21-24-18(13-23-26-21)15-8-10-17(28-2)11-9-15/h4-13H,3,14H2,1-2H3,(H,24,25,26)/b22-12+. The zero-order valence-corrected chi connectivity index (χ0v) is 16.6. The number of nitrogens with one attached hydrogen (secondary N) is 1. The van der Waals surface area contributed by atoms with Gasteiger partial charge in [-0.05, 0) is 43.3 Å². The maximum absolute atomic E-state index is 11.5. The Morgan fingerprint density at radius 3 is 2.73 bits per heavy atom. The van der Waals surface area contributed by atoms with Gasteiger partial charge in [0.25, 0.3) is 5.95 Å². The summed E-state index contributed by atoms with van der Waals surface area (Å²) in [7, 11) is 1.61. The van der Waals surface area contributed by atoms with E-state index in [0.717, 1.165) is 11.3 Å². The van der Waals surface area contributed by atoms with Gasteiger partial charge >= 0.3 is 5.97 Å². The maximum Gasteiger partial charge on any atom is 0.344 e. The minimum Gasteiger partial charge on any atom is -0.497 e. The van der Waals surface area contributed by atoms with E-state index in [2.05, 4.69) is 25.7 Å². The third kappa shape index (κ3) is 5.74. The minimum absolute atomic E-state index is 0.178. The molecule has 0 unspecified atom stereocenters. The molecule has 1 aromatic heterocycles. The Balaban J connectivity index is 1.66. The van der Waals surface area contributed by atoms with Gasteiger partial charge < -0.3 is 14.2 Å². The molecule has 0 fully saturated rings. The highest BCUT2D eigenvalue weighted by molar-refractivity contribution is 5.84. The van der Waals surface area contributed by atoms with Crippen LogP contribution in [0.1, 0.15) is 12.5 Å². The molecule has 1 N–H and O–H groups in total. The van der Waals surface area contributed by atoms with Crippen molar-refractivity contribution in [2.24, 2.45) is 5.10 Å². The lowest BCUT2D eigenvalue weighted by Crippen LogP contribution is -2.15. The van der Waals surface area contributed by atoms with Crippen LogP contribution in [0.25, 0.3) is 11.3 Å². The molecule has 0 saturated heterocycles. The Morgan fingerprint density at radius 1 is 1.17 bits per heavy atom. The minimum atomic E-state index is -0.433. The average molecular weight is 407 g/mol. The van der Waals surface area contributed by atoms with Gasteiger partial charge in [-0.15, -0.1) is 5.10 Å². The first-order valence-electron chi connectivity index (χ1n) is 9.20. The van der Waals surface area contributed by atoms with E-state index in [4.69, 9.17) is 14.2 Å². The van der Waals surface area contributed by atoms with E-state index in [0.29, 0.717) is 23.6 Å². The summed E-state index contributed by atoms with van der Waals surface area (Å²) in [6, 6.07) is 14.6. The molecule has 0 spiro atoms. The van der Waals surface area contributed by atoms with E-state index in [1.807, 2.05) is 30.3 Å². The van der Waals surface area contributed by atoms with Crippen molar-refractivity contribution in [3.63, 3.8) is 0 Å². The second-order valence-corrected chi connectivity index (χ2v) is 5.90. The number of hydrogen-bond donors (Lipinski definition) is 1. The number of carbonyl (C=O) groups is 1. The van der Waals surface area contributed by atoms with Gasteiger partial charge in [-0.3, -0.25) is 0 Å². The number of benzene rings is 2. The van der Waals surface area contributed by atoms with Gasteiger partial charge in [0.15, 0.2) is 6.61 Å². The number of para-hydroxylation sites is 1. The van der Waals surface area contributed by atoms with Crippen LogP contribution in [0, 0.1) is 0 Å². The molecule has 0 bridgehead atoms. The smallest absolute Gasteiger partial charge is 0.344 e. The van der Waals surface area contributed by atoms with E-state index >= 15 is 0 Å². The van der Waals surface area contributed by atoms with Crippen LogP contribution in [-0.2, 0) is 9.53 Å². The molecular formula is C21H21N5O4. The lowest BCUT2D eigenvalue weighted by Gasteiger charge is -2.08. The largest absolute Gasteiger partial charge is 0.497 e. The molecule has 0 radical (unpaired) electrons. The van der Waals surface area contributed by atoms with Crippen molar-refractivity contribution >= 4 is 18.1 Å². The van der Waals surface area contributed by atoms with Gasteiger partial charge in [-0.1, -0.05) is 12.1 Å². The second-order valence-electron chi connectivity index (χ2n) is 5.90. The molecule has 2 aromatic carbocycles. The van der Waals surface area contributed by atoms with E-state index in [9.17, 15) is 4.79 Å². The third-order valence-corrected chi connectivity index (χ3v) is 3.88. The zero-order valence-electron chi connectivity index (χ0n) is 16.6. The van der Waals surface area contributed by atoms with Gasteiger partial charge in [0, 0.05) is 11.1 Å². The number of nitrogens with zero attached hydrogens (tertiary/aromatic N) is 4. The highest BCUT2D eigenvalue weighted by Gasteiger charge is 2.06. The summed E-state index contributed by atoms with van der Waals surface area (Å²) >= 11 is 0. The fourth-order valence-corrected chi connectivity index (χ4v) is 2.47. The summed E-state index contributed by atoms with van der Waals surface area (Å²) in [5.41, 5.74) is 4.94. The van der Waals surface area contributed by atoms with Crippen molar-refractivity contribution < 1.29 is 19.0 Å². The molecule has 3 aromatic rings. The van der Waals surface area contributed by atoms with Crippen LogP contribution < -0.4 is 14.9 Å². The van der Waals surface area contributed by atoms with Crippen LogP contribution >= 0.6 is 0 Å². The molecule has 1 heterocycles. The molecule has 0 aliphatic rings. The van der Waals surface area contributed by atoms with Crippen molar-refractivity contribution in [1.82, 2.24) is 15.2 Å². The van der Waals surface area contributed by atoms with E-state index in [1.54, 1.807) is 44.6 Å². The number of esters is 1. The van der Waals surface area contributed by atoms with Crippen LogP contribution in [-0.4, -0.2) is 47.7 Å². The number of aromatic nitrogens is 3. The molecule has 0 amide bonds. The lowest BCUT2D eigenvalue weighted by atomic mass is 10.1. The predicted octanol–water partition coefficient (Wildman–Crippen LogP) is 2.94. The number of anilines is 1. The lowest BCUT2D eigenvalue weighted by molar-refractivity contribution is -0.145. The second kappa shape index (κ2) is 10.5. The fraction of sp³-hybridized carbons (Fsp3) is 0.190.